The Morgan fingerprint density at radius 1 is 1.05 bits per heavy atom. The summed E-state index contributed by atoms with van der Waals surface area (Å²) in [4.78, 5) is 0. The van der Waals surface area contributed by atoms with E-state index in [0.717, 1.165) is 32.9 Å². The number of anilines is 2. The van der Waals surface area contributed by atoms with Gasteiger partial charge in [0.2, 0.25) is 0 Å². The first-order chi connectivity index (χ1) is 10.6. The number of halogens is 1. The molecule has 0 radical (unpaired) electrons. The molecule has 0 aliphatic carbocycles. The van der Waals surface area contributed by atoms with Gasteiger partial charge in [-0.25, -0.2) is 0 Å². The van der Waals surface area contributed by atoms with Crippen molar-refractivity contribution in [1.29, 1.82) is 0 Å². The predicted molar refractivity (Wildman–Crippen MR) is 96.2 cm³/mol. The third-order valence-corrected chi connectivity index (χ3v) is 3.93. The smallest absolute Gasteiger partial charge is 0.175 e. The second kappa shape index (κ2) is 6.54. The number of aryl methyl sites for hydroxylation is 1. The quantitative estimate of drug-likeness (QED) is 0.760. The Morgan fingerprint density at radius 2 is 1.82 bits per heavy atom. The summed E-state index contributed by atoms with van der Waals surface area (Å²) in [5.74, 6) is 1.50. The van der Waals surface area contributed by atoms with E-state index in [1.807, 2.05) is 43.3 Å². The second-order valence-corrected chi connectivity index (χ2v) is 6.22. The average Bonchev–Trinajstić information content (AvgIpc) is 2.50. The number of rotatable bonds is 2. The molecule has 1 aliphatic rings. The van der Waals surface area contributed by atoms with E-state index in [9.17, 15) is 0 Å². The molecule has 0 saturated heterocycles. The Labute approximate surface area is 142 Å². The van der Waals surface area contributed by atoms with Crippen LogP contribution < -0.4 is 20.1 Å². The zero-order valence-electron chi connectivity index (χ0n) is 12.0. The van der Waals surface area contributed by atoms with Crippen molar-refractivity contribution in [2.24, 2.45) is 0 Å². The Morgan fingerprint density at radius 3 is 2.59 bits per heavy atom. The van der Waals surface area contributed by atoms with Crippen LogP contribution >= 0.6 is 28.1 Å². The van der Waals surface area contributed by atoms with E-state index in [2.05, 4.69) is 26.6 Å². The van der Waals surface area contributed by atoms with Crippen LogP contribution in [0.25, 0.3) is 0 Å². The molecule has 4 nitrogen and oxygen atoms in total. The summed E-state index contributed by atoms with van der Waals surface area (Å²) in [6.07, 6.45) is 0. The lowest BCUT2D eigenvalue weighted by molar-refractivity contribution is 0.171. The van der Waals surface area contributed by atoms with E-state index >= 15 is 0 Å². The lowest BCUT2D eigenvalue weighted by atomic mass is 10.2. The minimum absolute atomic E-state index is 0.530. The minimum atomic E-state index is 0.530. The van der Waals surface area contributed by atoms with Gasteiger partial charge in [0.05, 0.1) is 0 Å². The zero-order valence-corrected chi connectivity index (χ0v) is 14.4. The lowest BCUT2D eigenvalue weighted by Crippen LogP contribution is -2.20. The molecule has 3 rings (SSSR count). The van der Waals surface area contributed by atoms with Crippen molar-refractivity contribution in [3.05, 3.63) is 46.4 Å². The van der Waals surface area contributed by atoms with E-state index in [1.165, 1.54) is 0 Å². The molecular formula is C16H15BrN2O2S. The first-order valence-electron chi connectivity index (χ1n) is 6.85. The number of benzene rings is 2. The molecule has 22 heavy (non-hydrogen) atoms. The van der Waals surface area contributed by atoms with Gasteiger partial charge in [-0.1, -0.05) is 15.9 Å². The maximum absolute atomic E-state index is 5.56. The summed E-state index contributed by atoms with van der Waals surface area (Å²) in [5, 5.41) is 6.88. The summed E-state index contributed by atoms with van der Waals surface area (Å²) in [5.41, 5.74) is 2.94. The molecule has 2 aromatic carbocycles. The maximum Gasteiger partial charge on any atom is 0.175 e. The Bertz CT molecular complexity index is 721. The molecule has 1 heterocycles. The third-order valence-electron chi connectivity index (χ3n) is 3.24. The van der Waals surface area contributed by atoms with Crippen molar-refractivity contribution in [3.8, 4) is 11.5 Å². The highest BCUT2D eigenvalue weighted by Gasteiger charge is 2.12. The van der Waals surface area contributed by atoms with E-state index in [0.29, 0.717) is 18.3 Å². The fourth-order valence-corrected chi connectivity index (χ4v) is 2.88. The van der Waals surface area contributed by atoms with Gasteiger partial charge in [-0.3, -0.25) is 0 Å². The van der Waals surface area contributed by atoms with Gasteiger partial charge in [0.25, 0.3) is 0 Å². The van der Waals surface area contributed by atoms with Crippen LogP contribution in [0.15, 0.2) is 40.9 Å². The normalized spacial score (nSPS) is 12.6. The van der Waals surface area contributed by atoms with Gasteiger partial charge in [0.15, 0.2) is 16.6 Å². The molecule has 1 aliphatic heterocycles. The van der Waals surface area contributed by atoms with Gasteiger partial charge in [0.1, 0.15) is 13.2 Å². The lowest BCUT2D eigenvalue weighted by Gasteiger charge is -2.19. The van der Waals surface area contributed by atoms with Gasteiger partial charge >= 0.3 is 0 Å². The van der Waals surface area contributed by atoms with Gasteiger partial charge in [-0.05, 0) is 55.0 Å². The van der Waals surface area contributed by atoms with Crippen LogP contribution in [0.2, 0.25) is 0 Å². The molecule has 0 spiro atoms. The predicted octanol–water partition coefficient (Wildman–Crippen LogP) is 4.34. The van der Waals surface area contributed by atoms with Crippen molar-refractivity contribution in [1.82, 2.24) is 0 Å². The van der Waals surface area contributed by atoms with Crippen LogP contribution in [0.4, 0.5) is 11.4 Å². The van der Waals surface area contributed by atoms with E-state index in [-0.39, 0.29) is 0 Å². The van der Waals surface area contributed by atoms with Crippen LogP contribution in [-0.2, 0) is 0 Å². The summed E-state index contributed by atoms with van der Waals surface area (Å²) in [6.45, 7) is 3.18. The van der Waals surface area contributed by atoms with E-state index in [4.69, 9.17) is 21.7 Å². The monoisotopic (exact) mass is 378 g/mol. The van der Waals surface area contributed by atoms with Crippen molar-refractivity contribution in [2.45, 2.75) is 6.92 Å². The summed E-state index contributed by atoms with van der Waals surface area (Å²) < 4.78 is 12.1. The maximum atomic E-state index is 5.56. The third kappa shape index (κ3) is 3.51. The number of nitrogens with one attached hydrogen (secondary N) is 2. The largest absolute Gasteiger partial charge is 0.486 e. The van der Waals surface area contributed by atoms with Crippen LogP contribution in [0.1, 0.15) is 5.56 Å². The summed E-state index contributed by atoms with van der Waals surface area (Å²) in [7, 11) is 0. The van der Waals surface area contributed by atoms with Crippen molar-refractivity contribution < 1.29 is 9.47 Å². The van der Waals surface area contributed by atoms with Crippen molar-refractivity contribution in [2.75, 3.05) is 23.8 Å². The van der Waals surface area contributed by atoms with Crippen LogP contribution in [-0.4, -0.2) is 18.3 Å². The molecule has 0 saturated carbocycles. The van der Waals surface area contributed by atoms with Gasteiger partial charge < -0.3 is 20.1 Å². The average molecular weight is 379 g/mol. The molecule has 0 aromatic heterocycles. The highest BCUT2D eigenvalue weighted by molar-refractivity contribution is 9.10. The molecule has 2 aromatic rings. The fraction of sp³-hybridized carbons (Fsp3) is 0.188. The summed E-state index contributed by atoms with van der Waals surface area (Å²) in [6, 6.07) is 11.7. The topological polar surface area (TPSA) is 42.5 Å². The highest BCUT2D eigenvalue weighted by Crippen LogP contribution is 2.32. The first kappa shape index (κ1) is 15.1. The fourth-order valence-electron chi connectivity index (χ4n) is 2.17. The molecule has 0 amide bonds. The van der Waals surface area contributed by atoms with Gasteiger partial charge in [-0.2, -0.15) is 0 Å². The molecule has 6 heteroatoms. The molecule has 0 fully saturated rings. The zero-order chi connectivity index (χ0) is 15.5. The molecule has 0 atom stereocenters. The molecule has 2 N–H and O–H groups in total. The molecular weight excluding hydrogens is 364 g/mol. The van der Waals surface area contributed by atoms with Crippen molar-refractivity contribution >= 4 is 44.6 Å². The number of thiocarbonyl (C=S) groups is 1. The number of fused-ring (bicyclic) bond motifs is 1. The van der Waals surface area contributed by atoms with Gasteiger partial charge in [0, 0.05) is 21.9 Å². The molecule has 0 unspecified atom stereocenters. The van der Waals surface area contributed by atoms with Crippen LogP contribution in [0.3, 0.4) is 0 Å². The Kier molecular flexibility index (Phi) is 4.49. The van der Waals surface area contributed by atoms with E-state index in [1.54, 1.807) is 0 Å². The Hall–Kier alpha value is -1.79. The number of hydrogen-bond donors (Lipinski definition) is 2. The molecule has 114 valence electrons. The molecule has 0 bridgehead atoms. The first-order valence-corrected chi connectivity index (χ1v) is 8.06. The SMILES string of the molecule is Cc1cc(Br)ccc1NC(=S)Nc1ccc2c(c1)OCCO2. The minimum Gasteiger partial charge on any atom is -0.486 e. The second-order valence-electron chi connectivity index (χ2n) is 4.90. The summed E-state index contributed by atoms with van der Waals surface area (Å²) >= 11 is 8.81. The van der Waals surface area contributed by atoms with Crippen molar-refractivity contribution in [3.63, 3.8) is 0 Å². The number of hydrogen-bond acceptors (Lipinski definition) is 3. The standard InChI is InChI=1S/C16H15BrN2O2S/c1-10-8-11(17)2-4-13(10)19-16(22)18-12-3-5-14-15(9-12)21-7-6-20-14/h2-5,8-9H,6-7H2,1H3,(H2,18,19,22). The Balaban J connectivity index is 1.69. The van der Waals surface area contributed by atoms with Crippen LogP contribution in [0.5, 0.6) is 11.5 Å². The van der Waals surface area contributed by atoms with Crippen LogP contribution in [0, 0.1) is 6.92 Å². The van der Waals surface area contributed by atoms with Gasteiger partial charge in [-0.15, -0.1) is 0 Å². The van der Waals surface area contributed by atoms with E-state index < -0.39 is 0 Å². The highest BCUT2D eigenvalue weighted by atomic mass is 79.9. The number of ether oxygens (including phenoxy) is 2.